The Labute approximate surface area is 155 Å². The lowest BCUT2D eigenvalue weighted by molar-refractivity contribution is -0.0598. The molecule has 138 valence electrons. The van der Waals surface area contributed by atoms with Gasteiger partial charge in [-0.05, 0) is 38.7 Å². The summed E-state index contributed by atoms with van der Waals surface area (Å²) < 4.78 is 7.64. The molecule has 0 aromatic carbocycles. The van der Waals surface area contributed by atoms with E-state index < -0.39 is 0 Å². The van der Waals surface area contributed by atoms with Gasteiger partial charge >= 0.3 is 0 Å². The van der Waals surface area contributed by atoms with E-state index in [0.717, 1.165) is 48.1 Å². The second-order valence-electron chi connectivity index (χ2n) is 7.67. The van der Waals surface area contributed by atoms with E-state index in [1.165, 1.54) is 0 Å². The van der Waals surface area contributed by atoms with Gasteiger partial charge in [0.2, 0.25) is 0 Å². The van der Waals surface area contributed by atoms with Crippen LogP contribution in [0.2, 0.25) is 0 Å². The van der Waals surface area contributed by atoms with Crippen molar-refractivity contribution in [3.05, 3.63) is 29.2 Å². The number of hydrogen-bond donors (Lipinski definition) is 1. The summed E-state index contributed by atoms with van der Waals surface area (Å²) in [7, 11) is 1.88. The Morgan fingerprint density at radius 2 is 2.23 bits per heavy atom. The molecule has 0 unspecified atom stereocenters. The summed E-state index contributed by atoms with van der Waals surface area (Å²) in [6, 6.07) is 2.27. The number of ether oxygens (including phenoxy) is 1. The van der Waals surface area contributed by atoms with Crippen LogP contribution < -0.4 is 5.73 Å². The maximum atomic E-state index is 9.73. The van der Waals surface area contributed by atoms with E-state index in [0.29, 0.717) is 18.0 Å². The lowest BCUT2D eigenvalue weighted by atomic mass is 9.81. The Kier molecular flexibility index (Phi) is 5.01. The van der Waals surface area contributed by atoms with Gasteiger partial charge in [-0.25, -0.2) is 4.98 Å². The lowest BCUT2D eigenvalue weighted by Gasteiger charge is -2.36. The van der Waals surface area contributed by atoms with E-state index >= 15 is 0 Å². The van der Waals surface area contributed by atoms with Gasteiger partial charge in [-0.1, -0.05) is 13.3 Å². The first-order chi connectivity index (χ1) is 12.4. The van der Waals surface area contributed by atoms with Crippen molar-refractivity contribution >= 4 is 5.82 Å². The third-order valence-electron chi connectivity index (χ3n) is 5.05. The molecular weight excluding hydrogens is 326 g/mol. The fraction of sp³-hybridized carbons (Fsp3) is 0.550. The van der Waals surface area contributed by atoms with E-state index in [2.05, 4.69) is 31.9 Å². The molecule has 2 aromatic rings. The van der Waals surface area contributed by atoms with Crippen molar-refractivity contribution < 1.29 is 4.74 Å². The van der Waals surface area contributed by atoms with Crippen LogP contribution in [0.5, 0.6) is 0 Å². The van der Waals surface area contributed by atoms with Gasteiger partial charge in [-0.2, -0.15) is 10.4 Å². The Balaban J connectivity index is 2.22. The van der Waals surface area contributed by atoms with E-state index in [4.69, 9.17) is 15.5 Å². The molecular formula is C20H27N5O. The monoisotopic (exact) mass is 353 g/mol. The molecule has 3 rings (SSSR count). The van der Waals surface area contributed by atoms with Gasteiger partial charge in [0.05, 0.1) is 11.8 Å². The van der Waals surface area contributed by atoms with Crippen LogP contribution >= 0.6 is 0 Å². The third kappa shape index (κ3) is 3.45. The first-order valence-electron chi connectivity index (χ1n) is 9.21. The fourth-order valence-corrected chi connectivity index (χ4v) is 3.95. The number of aromatic nitrogens is 3. The average molecular weight is 353 g/mol. The summed E-state index contributed by atoms with van der Waals surface area (Å²) in [4.78, 5) is 4.72. The summed E-state index contributed by atoms with van der Waals surface area (Å²) in [5.41, 5.74) is 10.5. The van der Waals surface area contributed by atoms with Crippen LogP contribution in [-0.4, -0.2) is 27.0 Å². The quantitative estimate of drug-likeness (QED) is 0.907. The molecule has 2 N–H and O–H groups in total. The predicted octanol–water partition coefficient (Wildman–Crippen LogP) is 3.56. The van der Waals surface area contributed by atoms with Gasteiger partial charge in [0.1, 0.15) is 17.5 Å². The minimum Gasteiger partial charge on any atom is -0.383 e. The number of rotatable bonds is 4. The van der Waals surface area contributed by atoms with Gasteiger partial charge < -0.3 is 10.5 Å². The largest absolute Gasteiger partial charge is 0.383 e. The smallest absolute Gasteiger partial charge is 0.142 e. The molecule has 0 aliphatic carbocycles. The molecule has 1 fully saturated rings. The second kappa shape index (κ2) is 7.08. The summed E-state index contributed by atoms with van der Waals surface area (Å²) in [5.74, 6) is 0.594. The third-order valence-corrected chi connectivity index (χ3v) is 5.05. The lowest BCUT2D eigenvalue weighted by Crippen LogP contribution is -2.33. The van der Waals surface area contributed by atoms with E-state index in [-0.39, 0.29) is 11.5 Å². The fourth-order valence-electron chi connectivity index (χ4n) is 3.95. The van der Waals surface area contributed by atoms with E-state index in [1.807, 2.05) is 13.2 Å². The SMILES string of the molecule is CCCc1c([C@@H]2CCOC(C)(C)C2)nc(N)c(C#N)c1-c1cnn(C)c1. The Morgan fingerprint density at radius 1 is 1.46 bits per heavy atom. The number of nitrogens with two attached hydrogens (primary N) is 1. The molecule has 1 atom stereocenters. The van der Waals surface area contributed by atoms with Crippen molar-refractivity contribution in [3.8, 4) is 17.2 Å². The van der Waals surface area contributed by atoms with Gasteiger partial charge in [-0.15, -0.1) is 0 Å². The predicted molar refractivity (Wildman–Crippen MR) is 102 cm³/mol. The van der Waals surface area contributed by atoms with Crippen molar-refractivity contribution in [3.63, 3.8) is 0 Å². The van der Waals surface area contributed by atoms with Crippen molar-refractivity contribution in [1.82, 2.24) is 14.8 Å². The zero-order valence-corrected chi connectivity index (χ0v) is 16.0. The molecule has 26 heavy (non-hydrogen) atoms. The highest BCUT2D eigenvalue weighted by Gasteiger charge is 2.33. The first-order valence-corrected chi connectivity index (χ1v) is 9.21. The number of nitrogens with zero attached hydrogens (tertiary/aromatic N) is 4. The summed E-state index contributed by atoms with van der Waals surface area (Å²) in [6.07, 6.45) is 7.39. The number of hydrogen-bond acceptors (Lipinski definition) is 5. The van der Waals surface area contributed by atoms with Crippen LogP contribution in [0.15, 0.2) is 12.4 Å². The van der Waals surface area contributed by atoms with E-state index in [9.17, 15) is 5.26 Å². The maximum absolute atomic E-state index is 9.73. The van der Waals surface area contributed by atoms with Crippen LogP contribution in [0, 0.1) is 11.3 Å². The molecule has 1 saturated heterocycles. The van der Waals surface area contributed by atoms with Crippen LogP contribution in [0.1, 0.15) is 62.8 Å². The molecule has 0 amide bonds. The number of anilines is 1. The molecule has 1 aliphatic rings. The number of aryl methyl sites for hydroxylation is 1. The van der Waals surface area contributed by atoms with Crippen LogP contribution in [-0.2, 0) is 18.2 Å². The molecule has 6 heteroatoms. The van der Waals surface area contributed by atoms with Crippen LogP contribution in [0.3, 0.4) is 0 Å². The highest BCUT2D eigenvalue weighted by Crippen LogP contribution is 2.41. The van der Waals surface area contributed by atoms with Gasteiger partial charge in [0.15, 0.2) is 0 Å². The molecule has 3 heterocycles. The van der Waals surface area contributed by atoms with Crippen LogP contribution in [0.4, 0.5) is 5.82 Å². The number of nitrogen functional groups attached to an aromatic ring is 1. The van der Waals surface area contributed by atoms with Crippen LogP contribution in [0.25, 0.3) is 11.1 Å². The summed E-state index contributed by atoms with van der Waals surface area (Å²) >= 11 is 0. The second-order valence-corrected chi connectivity index (χ2v) is 7.67. The molecule has 0 bridgehead atoms. The zero-order valence-electron chi connectivity index (χ0n) is 16.0. The standard InChI is InChI=1S/C20H27N5O/c1-5-6-15-17(14-11-23-25(4)12-14)16(10-21)19(22)24-18(15)13-7-8-26-20(2,3)9-13/h11-13H,5-9H2,1-4H3,(H2,22,24)/t13-/m1/s1. The first kappa shape index (κ1) is 18.4. The van der Waals surface area contributed by atoms with E-state index in [1.54, 1.807) is 10.9 Å². The maximum Gasteiger partial charge on any atom is 0.142 e. The van der Waals surface area contributed by atoms with Gasteiger partial charge in [-0.3, -0.25) is 4.68 Å². The molecule has 6 nitrogen and oxygen atoms in total. The van der Waals surface area contributed by atoms with Crippen molar-refractivity contribution in [2.24, 2.45) is 7.05 Å². The van der Waals surface area contributed by atoms with Gasteiger partial charge in [0.25, 0.3) is 0 Å². The number of pyridine rings is 1. The molecule has 2 aromatic heterocycles. The van der Waals surface area contributed by atoms with Crippen molar-refractivity contribution in [2.45, 2.75) is 58.0 Å². The normalized spacial score (nSPS) is 19.3. The molecule has 0 spiro atoms. The Hall–Kier alpha value is -2.39. The van der Waals surface area contributed by atoms with Gasteiger partial charge in [0, 0.05) is 42.6 Å². The Morgan fingerprint density at radius 3 is 2.81 bits per heavy atom. The highest BCUT2D eigenvalue weighted by molar-refractivity contribution is 5.78. The zero-order chi connectivity index (χ0) is 18.9. The average Bonchev–Trinajstić information content (AvgIpc) is 3.01. The topological polar surface area (TPSA) is 89.8 Å². The van der Waals surface area contributed by atoms with Crippen molar-refractivity contribution in [2.75, 3.05) is 12.3 Å². The highest BCUT2D eigenvalue weighted by atomic mass is 16.5. The van der Waals surface area contributed by atoms with Crippen molar-refractivity contribution in [1.29, 1.82) is 5.26 Å². The Bertz CT molecular complexity index is 847. The minimum atomic E-state index is -0.175. The minimum absolute atomic E-state index is 0.175. The molecule has 0 saturated carbocycles. The summed E-state index contributed by atoms with van der Waals surface area (Å²) in [5, 5.41) is 14.0. The molecule has 0 radical (unpaired) electrons. The number of nitriles is 1. The summed E-state index contributed by atoms with van der Waals surface area (Å²) in [6.45, 7) is 7.10. The molecule has 1 aliphatic heterocycles.